The molecule has 22 heavy (non-hydrogen) atoms. The van der Waals surface area contributed by atoms with Gasteiger partial charge in [-0.05, 0) is 31.0 Å². The number of pyridine rings is 1. The number of hydrogen-bond donors (Lipinski definition) is 3. The van der Waals surface area contributed by atoms with Crippen molar-refractivity contribution in [3.63, 3.8) is 0 Å². The summed E-state index contributed by atoms with van der Waals surface area (Å²) < 4.78 is 12.0. The van der Waals surface area contributed by atoms with Gasteiger partial charge in [0, 0.05) is 17.9 Å². The topological polar surface area (TPSA) is 82.5 Å². The number of phenols is 2. The Morgan fingerprint density at radius 1 is 1.32 bits per heavy atom. The first-order valence-electron chi connectivity index (χ1n) is 7.11. The molecule has 118 valence electrons. The largest absolute Gasteiger partial charge is 0.504 e. The summed E-state index contributed by atoms with van der Waals surface area (Å²) in [5, 5.41) is 23.0. The molecule has 1 aromatic carbocycles. The molecule has 0 amide bonds. The van der Waals surface area contributed by atoms with Crippen LogP contribution in [0.2, 0.25) is 0 Å². The van der Waals surface area contributed by atoms with Crippen molar-refractivity contribution in [1.29, 1.82) is 0 Å². The fourth-order valence-electron chi connectivity index (χ4n) is 2.10. The normalized spacial score (nSPS) is 12.1. The van der Waals surface area contributed by atoms with Gasteiger partial charge in [-0.3, -0.25) is 4.21 Å². The maximum atomic E-state index is 12.0. The van der Waals surface area contributed by atoms with E-state index in [0.717, 1.165) is 17.7 Å². The molecular formula is C16H20N2O3S. The van der Waals surface area contributed by atoms with Gasteiger partial charge in [0.2, 0.25) is 0 Å². The molecule has 6 heteroatoms. The monoisotopic (exact) mass is 320 g/mol. The van der Waals surface area contributed by atoms with Crippen molar-refractivity contribution >= 4 is 16.5 Å². The quantitative estimate of drug-likeness (QED) is 0.713. The second-order valence-electron chi connectivity index (χ2n) is 5.03. The number of nitrogens with zero attached hydrogens (tertiary/aromatic N) is 1. The highest BCUT2D eigenvalue weighted by atomic mass is 32.2. The van der Waals surface area contributed by atoms with Crippen LogP contribution in [0.3, 0.4) is 0 Å². The molecule has 0 spiro atoms. The minimum Gasteiger partial charge on any atom is -0.504 e. The van der Waals surface area contributed by atoms with Gasteiger partial charge < -0.3 is 15.5 Å². The molecule has 1 heterocycles. The van der Waals surface area contributed by atoms with Crippen LogP contribution >= 0.6 is 0 Å². The summed E-state index contributed by atoms with van der Waals surface area (Å²) in [5.41, 5.74) is 2.24. The predicted molar refractivity (Wildman–Crippen MR) is 87.6 cm³/mol. The van der Waals surface area contributed by atoms with Crippen LogP contribution in [0.25, 0.3) is 0 Å². The summed E-state index contributed by atoms with van der Waals surface area (Å²) in [6.45, 7) is 4.23. The summed E-state index contributed by atoms with van der Waals surface area (Å²) >= 11 is 0. The molecule has 1 aromatic heterocycles. The Balaban J connectivity index is 2.09. The highest BCUT2D eigenvalue weighted by Gasteiger charge is 2.10. The van der Waals surface area contributed by atoms with Gasteiger partial charge in [-0.25, -0.2) is 4.98 Å². The van der Waals surface area contributed by atoms with Crippen molar-refractivity contribution in [3.8, 4) is 11.5 Å². The second kappa shape index (κ2) is 7.26. The maximum Gasteiger partial charge on any atom is 0.162 e. The van der Waals surface area contributed by atoms with Crippen LogP contribution in [0.5, 0.6) is 11.5 Å². The number of benzene rings is 1. The summed E-state index contributed by atoms with van der Waals surface area (Å²) in [6.07, 6.45) is 2.49. The van der Waals surface area contributed by atoms with Crippen molar-refractivity contribution < 1.29 is 14.4 Å². The number of rotatable bonds is 6. The molecule has 0 bridgehead atoms. The van der Waals surface area contributed by atoms with Gasteiger partial charge in [-0.1, -0.05) is 19.1 Å². The minimum absolute atomic E-state index is 0.125. The fraction of sp³-hybridized carbons (Fsp3) is 0.312. The van der Waals surface area contributed by atoms with Crippen molar-refractivity contribution in [1.82, 2.24) is 4.98 Å². The summed E-state index contributed by atoms with van der Waals surface area (Å²) in [5.74, 6) is 0.344. The maximum absolute atomic E-state index is 12.0. The van der Waals surface area contributed by atoms with E-state index in [2.05, 4.69) is 10.3 Å². The van der Waals surface area contributed by atoms with Gasteiger partial charge in [0.15, 0.2) is 11.5 Å². The van der Waals surface area contributed by atoms with E-state index in [-0.39, 0.29) is 11.5 Å². The Kier molecular flexibility index (Phi) is 5.38. The molecule has 0 aliphatic heterocycles. The third-order valence-electron chi connectivity index (χ3n) is 3.22. The number of anilines is 1. The number of aryl methyl sites for hydroxylation is 1. The Labute approximate surface area is 132 Å². The molecule has 0 aliphatic rings. The van der Waals surface area contributed by atoms with Gasteiger partial charge in [0.25, 0.3) is 0 Å². The highest BCUT2D eigenvalue weighted by molar-refractivity contribution is 7.85. The number of hydrogen-bond acceptors (Lipinski definition) is 5. The summed E-state index contributed by atoms with van der Waals surface area (Å²) in [6, 6.07) is 6.72. The molecule has 0 saturated carbocycles. The lowest BCUT2D eigenvalue weighted by molar-refractivity contribution is 0.400. The molecule has 0 fully saturated rings. The number of phenolic OH excluding ortho intramolecular Hbond substituents is 2. The van der Waals surface area contributed by atoms with E-state index in [1.165, 1.54) is 6.07 Å². The van der Waals surface area contributed by atoms with Crippen LogP contribution in [0.15, 0.2) is 35.5 Å². The van der Waals surface area contributed by atoms with Gasteiger partial charge in [-0.2, -0.15) is 0 Å². The van der Waals surface area contributed by atoms with E-state index in [1.54, 1.807) is 18.3 Å². The zero-order valence-corrected chi connectivity index (χ0v) is 13.5. The fourth-order valence-corrected chi connectivity index (χ4v) is 3.25. The molecule has 0 aliphatic carbocycles. The van der Waals surface area contributed by atoms with Crippen molar-refractivity contribution in [2.75, 3.05) is 11.1 Å². The molecule has 1 unspecified atom stereocenters. The van der Waals surface area contributed by atoms with Gasteiger partial charge in [0.05, 0.1) is 22.7 Å². The SMILES string of the molecule is CCCS(=O)c1ncc(NCc2cccc(O)c2O)cc1C. The molecular weight excluding hydrogens is 300 g/mol. The van der Waals surface area contributed by atoms with Crippen LogP contribution in [0.4, 0.5) is 5.69 Å². The van der Waals surface area contributed by atoms with E-state index in [9.17, 15) is 14.4 Å². The Bertz CT molecular complexity index is 689. The lowest BCUT2D eigenvalue weighted by Gasteiger charge is -2.11. The summed E-state index contributed by atoms with van der Waals surface area (Å²) in [7, 11) is -1.06. The lowest BCUT2D eigenvalue weighted by Crippen LogP contribution is -2.05. The van der Waals surface area contributed by atoms with Crippen LogP contribution in [-0.4, -0.2) is 25.2 Å². The first-order chi connectivity index (χ1) is 10.5. The average molecular weight is 320 g/mol. The smallest absolute Gasteiger partial charge is 0.162 e. The minimum atomic E-state index is -1.06. The van der Waals surface area contributed by atoms with E-state index < -0.39 is 10.8 Å². The van der Waals surface area contributed by atoms with Crippen LogP contribution in [0.1, 0.15) is 24.5 Å². The van der Waals surface area contributed by atoms with Crippen LogP contribution < -0.4 is 5.32 Å². The molecule has 0 saturated heterocycles. The average Bonchev–Trinajstić information content (AvgIpc) is 2.49. The van der Waals surface area contributed by atoms with Crippen LogP contribution in [0, 0.1) is 6.92 Å². The first kappa shape index (κ1) is 16.3. The molecule has 1 atom stereocenters. The predicted octanol–water partition coefficient (Wildman–Crippen LogP) is 2.93. The van der Waals surface area contributed by atoms with Crippen molar-refractivity contribution in [2.24, 2.45) is 0 Å². The zero-order valence-electron chi connectivity index (χ0n) is 12.7. The molecule has 2 rings (SSSR count). The Morgan fingerprint density at radius 2 is 2.09 bits per heavy atom. The molecule has 3 N–H and O–H groups in total. The number of para-hydroxylation sites is 1. The van der Waals surface area contributed by atoms with Crippen molar-refractivity contribution in [2.45, 2.75) is 31.8 Å². The molecule has 0 radical (unpaired) electrons. The summed E-state index contributed by atoms with van der Waals surface area (Å²) in [4.78, 5) is 4.27. The standard InChI is InChI=1S/C16H20N2O3S/c1-3-7-22(21)16-11(2)8-13(10-18-16)17-9-12-5-4-6-14(19)15(12)20/h4-6,8,10,17,19-20H,3,7,9H2,1-2H3. The number of aromatic nitrogens is 1. The highest BCUT2D eigenvalue weighted by Crippen LogP contribution is 2.28. The van der Waals surface area contributed by atoms with E-state index in [0.29, 0.717) is 22.9 Å². The number of nitrogens with one attached hydrogen (secondary N) is 1. The van der Waals surface area contributed by atoms with E-state index in [4.69, 9.17) is 0 Å². The van der Waals surface area contributed by atoms with E-state index in [1.807, 2.05) is 19.9 Å². The Morgan fingerprint density at radius 3 is 2.77 bits per heavy atom. The van der Waals surface area contributed by atoms with E-state index >= 15 is 0 Å². The van der Waals surface area contributed by atoms with Crippen molar-refractivity contribution in [3.05, 3.63) is 41.6 Å². The lowest BCUT2D eigenvalue weighted by atomic mass is 10.2. The molecule has 5 nitrogen and oxygen atoms in total. The van der Waals surface area contributed by atoms with Crippen LogP contribution in [-0.2, 0) is 17.3 Å². The third-order valence-corrected chi connectivity index (χ3v) is 4.85. The Hall–Kier alpha value is -2.08. The van der Waals surface area contributed by atoms with Gasteiger partial charge in [0.1, 0.15) is 5.03 Å². The number of aromatic hydroxyl groups is 2. The zero-order chi connectivity index (χ0) is 16.1. The second-order valence-corrected chi connectivity index (χ2v) is 6.52. The first-order valence-corrected chi connectivity index (χ1v) is 8.43. The van der Waals surface area contributed by atoms with Gasteiger partial charge in [-0.15, -0.1) is 0 Å². The third kappa shape index (κ3) is 3.76. The van der Waals surface area contributed by atoms with Gasteiger partial charge >= 0.3 is 0 Å². The molecule has 2 aromatic rings.